The molecule has 28 heavy (non-hydrogen) atoms. The lowest BCUT2D eigenvalue weighted by Gasteiger charge is -2.18. The fourth-order valence-electron chi connectivity index (χ4n) is 2.70. The van der Waals surface area contributed by atoms with Crippen LogP contribution in [0.2, 0.25) is 0 Å². The van der Waals surface area contributed by atoms with Gasteiger partial charge in [0.05, 0.1) is 21.3 Å². The van der Waals surface area contributed by atoms with Gasteiger partial charge in [0.15, 0.2) is 11.5 Å². The molecule has 0 heterocycles. The molecule has 1 N–H and O–H groups in total. The molecule has 0 saturated carbocycles. The number of nitrogens with zero attached hydrogens (tertiary/aromatic N) is 1. The van der Waals surface area contributed by atoms with Crippen LogP contribution in [0.15, 0.2) is 34.8 Å². The molecule has 0 unspecified atom stereocenters. The molecule has 0 aliphatic heterocycles. The van der Waals surface area contributed by atoms with Crippen molar-refractivity contribution in [3.63, 3.8) is 0 Å². The third-order valence-electron chi connectivity index (χ3n) is 4.12. The highest BCUT2D eigenvalue weighted by Crippen LogP contribution is 2.39. The van der Waals surface area contributed by atoms with Crippen LogP contribution >= 0.6 is 15.9 Å². The van der Waals surface area contributed by atoms with Crippen LogP contribution in [-0.2, 0) is 11.3 Å². The zero-order valence-electron chi connectivity index (χ0n) is 16.3. The third-order valence-corrected chi connectivity index (χ3v) is 4.61. The lowest BCUT2D eigenvalue weighted by Crippen LogP contribution is -2.24. The molecule has 0 atom stereocenters. The first kappa shape index (κ1) is 22.0. The van der Waals surface area contributed by atoms with Crippen molar-refractivity contribution in [3.8, 4) is 17.2 Å². The summed E-state index contributed by atoms with van der Waals surface area (Å²) >= 11 is 3.34. The number of methoxy groups -OCH3 is 3. The highest BCUT2D eigenvalue weighted by atomic mass is 79.9. The summed E-state index contributed by atoms with van der Waals surface area (Å²) in [6.07, 6.45) is 0.253. The van der Waals surface area contributed by atoms with Crippen LogP contribution in [0, 0.1) is 5.82 Å². The van der Waals surface area contributed by atoms with Crippen molar-refractivity contribution in [2.45, 2.75) is 13.0 Å². The lowest BCUT2D eigenvalue weighted by molar-refractivity contribution is -0.116. The number of amides is 1. The van der Waals surface area contributed by atoms with Crippen LogP contribution in [-0.4, -0.2) is 45.7 Å². The average molecular weight is 455 g/mol. The third kappa shape index (κ3) is 5.84. The fraction of sp³-hybridized carbons (Fsp3) is 0.350. The Morgan fingerprint density at radius 1 is 1.11 bits per heavy atom. The number of hydrogen-bond donors (Lipinski definition) is 1. The van der Waals surface area contributed by atoms with Gasteiger partial charge in [-0.1, -0.05) is 15.9 Å². The molecule has 0 saturated heterocycles. The van der Waals surface area contributed by atoms with Gasteiger partial charge < -0.3 is 24.4 Å². The first-order valence-electron chi connectivity index (χ1n) is 8.60. The maximum atomic E-state index is 13.9. The predicted octanol–water partition coefficient (Wildman–Crippen LogP) is 4.07. The summed E-state index contributed by atoms with van der Waals surface area (Å²) in [7, 11) is 6.38. The van der Waals surface area contributed by atoms with Crippen LogP contribution < -0.4 is 19.5 Å². The molecule has 6 nitrogen and oxygen atoms in total. The Balaban J connectivity index is 1.96. The van der Waals surface area contributed by atoms with Gasteiger partial charge in [0.1, 0.15) is 5.82 Å². The maximum absolute atomic E-state index is 13.9. The van der Waals surface area contributed by atoms with Crippen molar-refractivity contribution in [1.29, 1.82) is 0 Å². The summed E-state index contributed by atoms with van der Waals surface area (Å²) < 4.78 is 30.5. The van der Waals surface area contributed by atoms with E-state index in [2.05, 4.69) is 21.2 Å². The highest BCUT2D eigenvalue weighted by molar-refractivity contribution is 9.10. The fourth-order valence-corrected chi connectivity index (χ4v) is 3.11. The highest BCUT2D eigenvalue weighted by Gasteiger charge is 2.15. The monoisotopic (exact) mass is 454 g/mol. The van der Waals surface area contributed by atoms with Gasteiger partial charge in [-0.25, -0.2) is 4.39 Å². The average Bonchev–Trinajstić information content (AvgIpc) is 2.68. The summed E-state index contributed by atoms with van der Waals surface area (Å²) in [6, 6.07) is 8.15. The normalized spacial score (nSPS) is 10.7. The summed E-state index contributed by atoms with van der Waals surface area (Å²) in [4.78, 5) is 14.2. The van der Waals surface area contributed by atoms with Crippen LogP contribution in [0.4, 0.5) is 10.1 Å². The van der Waals surface area contributed by atoms with E-state index >= 15 is 0 Å². The van der Waals surface area contributed by atoms with E-state index in [9.17, 15) is 9.18 Å². The molecular formula is C20H24BrFN2O4. The molecular weight excluding hydrogens is 431 g/mol. The van der Waals surface area contributed by atoms with E-state index in [0.29, 0.717) is 41.6 Å². The predicted molar refractivity (Wildman–Crippen MR) is 110 cm³/mol. The van der Waals surface area contributed by atoms with Crippen molar-refractivity contribution < 1.29 is 23.4 Å². The Morgan fingerprint density at radius 3 is 2.32 bits per heavy atom. The first-order chi connectivity index (χ1) is 13.4. The van der Waals surface area contributed by atoms with E-state index in [1.54, 1.807) is 24.3 Å². The minimum absolute atomic E-state index is 0.171. The Labute approximate surface area is 172 Å². The molecule has 2 aromatic carbocycles. The molecule has 0 radical (unpaired) electrons. The van der Waals surface area contributed by atoms with Crippen molar-refractivity contribution in [2.24, 2.45) is 0 Å². The molecule has 0 bridgehead atoms. The Bertz CT molecular complexity index is 807. The molecule has 0 spiro atoms. The number of nitrogens with one attached hydrogen (secondary N) is 1. The van der Waals surface area contributed by atoms with Gasteiger partial charge in [-0.2, -0.15) is 0 Å². The molecule has 0 aromatic heterocycles. The molecule has 0 aliphatic rings. The Kier molecular flexibility index (Phi) is 8.07. The van der Waals surface area contributed by atoms with Gasteiger partial charge >= 0.3 is 0 Å². The topological polar surface area (TPSA) is 60.0 Å². The molecule has 0 fully saturated rings. The largest absolute Gasteiger partial charge is 0.493 e. The van der Waals surface area contributed by atoms with E-state index in [0.717, 1.165) is 4.47 Å². The molecule has 0 aliphatic carbocycles. The Hall–Kier alpha value is -2.32. The number of halogens is 2. The number of rotatable bonds is 9. The smallest absolute Gasteiger partial charge is 0.225 e. The number of carbonyl (C=O) groups excluding carboxylic acids is 1. The summed E-state index contributed by atoms with van der Waals surface area (Å²) in [5, 5.41) is 2.82. The first-order valence-corrected chi connectivity index (χ1v) is 9.39. The van der Waals surface area contributed by atoms with Crippen molar-refractivity contribution in [2.75, 3.05) is 40.2 Å². The maximum Gasteiger partial charge on any atom is 0.225 e. The van der Waals surface area contributed by atoms with Crippen LogP contribution in [0.3, 0.4) is 0 Å². The molecule has 2 aromatic rings. The quantitative estimate of drug-likeness (QED) is 0.618. The zero-order chi connectivity index (χ0) is 20.7. The van der Waals surface area contributed by atoms with E-state index in [1.165, 1.54) is 27.4 Å². The van der Waals surface area contributed by atoms with E-state index in [4.69, 9.17) is 14.2 Å². The summed E-state index contributed by atoms with van der Waals surface area (Å²) in [5.41, 5.74) is 1.11. The van der Waals surface area contributed by atoms with Gasteiger partial charge in [-0.05, 0) is 25.2 Å². The molecule has 2 rings (SSSR count). The molecule has 152 valence electrons. The second-order valence-corrected chi connectivity index (χ2v) is 7.10. The summed E-state index contributed by atoms with van der Waals surface area (Å²) in [6.45, 7) is 0.880. The van der Waals surface area contributed by atoms with Gasteiger partial charge in [-0.3, -0.25) is 4.79 Å². The van der Waals surface area contributed by atoms with E-state index in [-0.39, 0.29) is 18.1 Å². The lowest BCUT2D eigenvalue weighted by atomic mass is 10.2. The van der Waals surface area contributed by atoms with Gasteiger partial charge in [0, 0.05) is 47.4 Å². The van der Waals surface area contributed by atoms with Crippen molar-refractivity contribution in [3.05, 3.63) is 46.2 Å². The van der Waals surface area contributed by atoms with E-state index < -0.39 is 0 Å². The number of ether oxygens (including phenoxy) is 3. The second kappa shape index (κ2) is 10.3. The second-order valence-electron chi connectivity index (χ2n) is 6.19. The minimum Gasteiger partial charge on any atom is -0.493 e. The number of anilines is 1. The Morgan fingerprint density at radius 2 is 1.75 bits per heavy atom. The van der Waals surface area contributed by atoms with Crippen LogP contribution in [0.1, 0.15) is 12.0 Å². The van der Waals surface area contributed by atoms with Crippen molar-refractivity contribution in [1.82, 2.24) is 4.90 Å². The SMILES string of the molecule is COc1cc(NC(=O)CCN(C)Cc2cc(Br)ccc2F)cc(OC)c1OC. The van der Waals surface area contributed by atoms with Gasteiger partial charge in [0.2, 0.25) is 11.7 Å². The van der Waals surface area contributed by atoms with Crippen molar-refractivity contribution >= 4 is 27.5 Å². The zero-order valence-corrected chi connectivity index (χ0v) is 17.9. The number of carbonyl (C=O) groups is 1. The van der Waals surface area contributed by atoms with Crippen LogP contribution in [0.5, 0.6) is 17.2 Å². The van der Waals surface area contributed by atoms with E-state index in [1.807, 2.05) is 11.9 Å². The number of benzene rings is 2. The van der Waals surface area contributed by atoms with Gasteiger partial charge in [-0.15, -0.1) is 0 Å². The van der Waals surface area contributed by atoms with Crippen LogP contribution in [0.25, 0.3) is 0 Å². The number of hydrogen-bond acceptors (Lipinski definition) is 5. The minimum atomic E-state index is -0.267. The van der Waals surface area contributed by atoms with Gasteiger partial charge in [0.25, 0.3) is 0 Å². The molecule has 1 amide bonds. The standard InChI is InChI=1S/C20H24BrFN2O4/c1-24(12-13-9-14(21)5-6-16(13)22)8-7-19(25)23-15-10-17(26-2)20(28-4)18(11-15)27-3/h5-6,9-11H,7-8,12H2,1-4H3,(H,23,25). The summed E-state index contributed by atoms with van der Waals surface area (Å²) in [5.74, 6) is 0.935. The molecule has 8 heteroatoms.